The Morgan fingerprint density at radius 3 is 2.85 bits per heavy atom. The fraction of sp³-hybridized carbons (Fsp3) is 0.0667. The van der Waals surface area contributed by atoms with E-state index in [1.807, 2.05) is 0 Å². The van der Waals surface area contributed by atoms with Crippen LogP contribution in [0.2, 0.25) is 0 Å². The number of aromatic amines is 2. The lowest BCUT2D eigenvalue weighted by molar-refractivity contribution is 0.376. The highest BCUT2D eigenvalue weighted by atomic mass is 32.2. The summed E-state index contributed by atoms with van der Waals surface area (Å²) in [5.74, 6) is -0.653. The molecule has 3 aromatic heterocycles. The Morgan fingerprint density at radius 1 is 1.19 bits per heavy atom. The third-order valence-electron chi connectivity index (χ3n) is 3.64. The first kappa shape index (κ1) is 16.9. The van der Waals surface area contributed by atoms with Gasteiger partial charge in [-0.15, -0.1) is 0 Å². The van der Waals surface area contributed by atoms with Crippen LogP contribution in [0.5, 0.6) is 0 Å². The van der Waals surface area contributed by atoms with Crippen molar-refractivity contribution < 1.29 is 17.4 Å². The molecule has 12 heteroatoms. The maximum Gasteiger partial charge on any atom is 0.417 e. The fourth-order valence-electron chi connectivity index (χ4n) is 2.37. The van der Waals surface area contributed by atoms with Crippen molar-refractivity contribution in [2.75, 3.05) is 0 Å². The molecule has 0 amide bonds. The number of fused-ring (bicyclic) bond motifs is 1. The van der Waals surface area contributed by atoms with E-state index in [0.717, 1.165) is 0 Å². The summed E-state index contributed by atoms with van der Waals surface area (Å²) in [5, 5.41) is 3.67. The molecule has 11 nitrogen and oxygen atoms in total. The number of hydrogen-bond acceptors (Lipinski definition) is 8. The molecule has 4 rings (SSSR count). The number of oxazole rings is 1. The summed E-state index contributed by atoms with van der Waals surface area (Å²) in [6.07, 6.45) is 1.46. The van der Waals surface area contributed by atoms with Crippen molar-refractivity contribution in [1.29, 1.82) is 0 Å². The maximum atomic E-state index is 12.4. The lowest BCUT2D eigenvalue weighted by Crippen LogP contribution is -2.23. The molecular formula is C15H11N5O6S. The number of nitrogens with zero attached hydrogens (tertiary/aromatic N) is 2. The minimum Gasteiger partial charge on any atom is -0.408 e. The van der Waals surface area contributed by atoms with Crippen LogP contribution in [0, 0.1) is 0 Å². The third kappa shape index (κ3) is 3.30. The van der Waals surface area contributed by atoms with Gasteiger partial charge in [0.2, 0.25) is 21.7 Å². The molecule has 4 aromatic rings. The van der Waals surface area contributed by atoms with Crippen LogP contribution in [-0.2, 0) is 16.6 Å². The second-order valence-electron chi connectivity index (χ2n) is 5.42. The molecule has 0 aliphatic heterocycles. The smallest absolute Gasteiger partial charge is 0.408 e. The summed E-state index contributed by atoms with van der Waals surface area (Å²) in [6, 6.07) is 7.05. The summed E-state index contributed by atoms with van der Waals surface area (Å²) < 4.78 is 36.9. The van der Waals surface area contributed by atoms with E-state index in [4.69, 9.17) is 8.94 Å². The first-order chi connectivity index (χ1) is 12.9. The SMILES string of the molecule is O=c1[nH]c2cc(S(=O)(=O)NCc3nc(-c4ccc[nH]c4=O)no3)ccc2o1. The van der Waals surface area contributed by atoms with Crippen LogP contribution in [-0.4, -0.2) is 28.5 Å². The number of aromatic nitrogens is 4. The Kier molecular flexibility index (Phi) is 3.97. The van der Waals surface area contributed by atoms with E-state index in [1.165, 1.54) is 30.5 Å². The van der Waals surface area contributed by atoms with Crippen molar-refractivity contribution in [2.24, 2.45) is 0 Å². The Labute approximate surface area is 150 Å². The van der Waals surface area contributed by atoms with Gasteiger partial charge >= 0.3 is 5.76 Å². The van der Waals surface area contributed by atoms with Gasteiger partial charge in [-0.25, -0.2) is 17.9 Å². The van der Waals surface area contributed by atoms with Crippen molar-refractivity contribution >= 4 is 21.1 Å². The topological polar surface area (TPSA) is 164 Å². The van der Waals surface area contributed by atoms with Gasteiger partial charge in [0.05, 0.1) is 22.5 Å². The summed E-state index contributed by atoms with van der Waals surface area (Å²) in [6.45, 7) is -0.278. The minimum absolute atomic E-state index is 0.0189. The Bertz CT molecular complexity index is 1350. The van der Waals surface area contributed by atoms with Gasteiger partial charge in [-0.1, -0.05) is 5.16 Å². The first-order valence-electron chi connectivity index (χ1n) is 7.55. The quantitative estimate of drug-likeness (QED) is 0.440. The largest absolute Gasteiger partial charge is 0.417 e. The lowest BCUT2D eigenvalue weighted by atomic mass is 10.3. The monoisotopic (exact) mass is 389 g/mol. The molecule has 0 aliphatic rings. The predicted octanol–water partition coefficient (Wildman–Crippen LogP) is 0.338. The molecule has 3 N–H and O–H groups in total. The van der Waals surface area contributed by atoms with Crippen LogP contribution in [0.25, 0.3) is 22.5 Å². The number of hydrogen-bond donors (Lipinski definition) is 3. The summed E-state index contributed by atoms with van der Waals surface area (Å²) in [7, 11) is -3.91. The van der Waals surface area contributed by atoms with Gasteiger partial charge in [0, 0.05) is 6.20 Å². The molecule has 27 heavy (non-hydrogen) atoms. The van der Waals surface area contributed by atoms with Gasteiger partial charge in [-0.2, -0.15) is 4.98 Å². The van der Waals surface area contributed by atoms with E-state index in [1.54, 1.807) is 6.07 Å². The molecule has 0 unspecified atom stereocenters. The Morgan fingerprint density at radius 2 is 2.04 bits per heavy atom. The number of rotatable bonds is 5. The van der Waals surface area contributed by atoms with Gasteiger partial charge < -0.3 is 13.9 Å². The minimum atomic E-state index is -3.91. The van der Waals surface area contributed by atoms with Crippen LogP contribution >= 0.6 is 0 Å². The number of H-pyrrole nitrogens is 2. The van der Waals surface area contributed by atoms with E-state index in [2.05, 4.69) is 24.8 Å². The molecule has 0 saturated carbocycles. The average Bonchev–Trinajstić information content (AvgIpc) is 3.25. The van der Waals surface area contributed by atoms with Crippen molar-refractivity contribution in [1.82, 2.24) is 24.8 Å². The molecule has 0 spiro atoms. The summed E-state index contributed by atoms with van der Waals surface area (Å²) in [5.41, 5.74) is 0.303. The Hall–Kier alpha value is -3.51. The fourth-order valence-corrected chi connectivity index (χ4v) is 3.37. The molecular weight excluding hydrogens is 378 g/mol. The van der Waals surface area contributed by atoms with Crippen LogP contribution in [0.15, 0.2) is 60.0 Å². The third-order valence-corrected chi connectivity index (χ3v) is 5.04. The van der Waals surface area contributed by atoms with Crippen LogP contribution in [0.1, 0.15) is 5.89 Å². The van der Waals surface area contributed by atoms with E-state index >= 15 is 0 Å². The molecule has 0 fully saturated rings. The molecule has 3 heterocycles. The van der Waals surface area contributed by atoms with Crippen LogP contribution in [0.4, 0.5) is 0 Å². The van der Waals surface area contributed by atoms with E-state index in [9.17, 15) is 18.0 Å². The molecule has 1 aromatic carbocycles. The molecule has 0 saturated heterocycles. The molecule has 0 bridgehead atoms. The van der Waals surface area contributed by atoms with Crippen molar-refractivity contribution in [3.63, 3.8) is 0 Å². The molecule has 138 valence electrons. The van der Waals surface area contributed by atoms with Gasteiger partial charge in [0.25, 0.3) is 5.56 Å². The van der Waals surface area contributed by atoms with Crippen LogP contribution in [0.3, 0.4) is 0 Å². The highest BCUT2D eigenvalue weighted by molar-refractivity contribution is 7.89. The summed E-state index contributed by atoms with van der Waals surface area (Å²) >= 11 is 0. The van der Waals surface area contributed by atoms with Gasteiger partial charge in [0.15, 0.2) is 5.58 Å². The molecule has 0 atom stereocenters. The van der Waals surface area contributed by atoms with Crippen molar-refractivity contribution in [3.8, 4) is 11.4 Å². The zero-order chi connectivity index (χ0) is 19.0. The lowest BCUT2D eigenvalue weighted by Gasteiger charge is -2.04. The Balaban J connectivity index is 1.54. The van der Waals surface area contributed by atoms with E-state index < -0.39 is 21.3 Å². The van der Waals surface area contributed by atoms with Crippen LogP contribution < -0.4 is 16.0 Å². The van der Waals surface area contributed by atoms with Gasteiger partial charge in [-0.05, 0) is 30.3 Å². The highest BCUT2D eigenvalue weighted by Crippen LogP contribution is 2.17. The molecule has 0 aliphatic carbocycles. The second kappa shape index (κ2) is 6.34. The normalized spacial score (nSPS) is 11.9. The first-order valence-corrected chi connectivity index (χ1v) is 9.04. The van der Waals surface area contributed by atoms with Gasteiger partial charge in [0.1, 0.15) is 0 Å². The summed E-state index contributed by atoms with van der Waals surface area (Å²) in [4.78, 5) is 31.7. The standard InChI is InChI=1S/C15H11N5O6S/c21-14-9(2-1-5-16-14)13-19-12(26-20-13)7-17-27(23,24)8-3-4-11-10(6-8)18-15(22)25-11/h1-6,17H,7H2,(H,16,21)(H,18,22). The predicted molar refractivity (Wildman–Crippen MR) is 91.2 cm³/mol. The van der Waals surface area contributed by atoms with E-state index in [0.29, 0.717) is 0 Å². The zero-order valence-electron chi connectivity index (χ0n) is 13.4. The number of benzene rings is 1. The van der Waals surface area contributed by atoms with Gasteiger partial charge in [-0.3, -0.25) is 9.78 Å². The number of nitrogens with one attached hydrogen (secondary N) is 3. The number of pyridine rings is 1. The molecule has 0 radical (unpaired) electrons. The van der Waals surface area contributed by atoms with Crippen molar-refractivity contribution in [3.05, 3.63) is 63.3 Å². The van der Waals surface area contributed by atoms with Crippen molar-refractivity contribution in [2.45, 2.75) is 11.4 Å². The second-order valence-corrected chi connectivity index (χ2v) is 7.19. The highest BCUT2D eigenvalue weighted by Gasteiger charge is 2.18. The zero-order valence-corrected chi connectivity index (χ0v) is 14.2. The maximum absolute atomic E-state index is 12.4. The average molecular weight is 389 g/mol. The number of sulfonamides is 1. The van der Waals surface area contributed by atoms with E-state index in [-0.39, 0.29) is 39.8 Å².